The molecular formula is C24H34O3S2. The van der Waals surface area contributed by atoms with Gasteiger partial charge >= 0.3 is 0 Å². The Morgan fingerprint density at radius 2 is 1.72 bits per heavy atom. The monoisotopic (exact) mass is 434 g/mol. The number of hydrogen-bond acceptors (Lipinski definition) is 5. The number of unbranched alkanes of at least 4 members (excludes halogenated alkanes) is 3. The number of thioether (sulfide) groups is 2. The summed E-state index contributed by atoms with van der Waals surface area (Å²) >= 11 is 3.91. The molecule has 1 aliphatic heterocycles. The first kappa shape index (κ1) is 21.4. The van der Waals surface area contributed by atoms with Crippen LogP contribution in [0, 0.1) is 17.3 Å². The van der Waals surface area contributed by atoms with Crippen molar-refractivity contribution in [2.45, 2.75) is 75.7 Å². The van der Waals surface area contributed by atoms with Gasteiger partial charge in [-0.15, -0.1) is 23.5 Å². The zero-order valence-electron chi connectivity index (χ0n) is 17.9. The molecule has 3 nitrogen and oxygen atoms in total. The summed E-state index contributed by atoms with van der Waals surface area (Å²) in [5.74, 6) is 3.31. The largest absolute Gasteiger partial charge is 0.508 e. The molecule has 4 fully saturated rings. The second kappa shape index (κ2) is 8.03. The summed E-state index contributed by atoms with van der Waals surface area (Å²) < 4.78 is -0.0650. The van der Waals surface area contributed by atoms with Crippen molar-refractivity contribution in [2.75, 3.05) is 11.5 Å². The van der Waals surface area contributed by atoms with Crippen LogP contribution in [-0.4, -0.2) is 27.5 Å². The Labute approximate surface area is 183 Å². The number of Topliss-reactive ketones (excluding diaryl/α,β-unsaturated/α-hetero) is 1. The number of rotatable bonds is 7. The molecule has 3 saturated carbocycles. The molecule has 2 bridgehead atoms. The van der Waals surface area contributed by atoms with Gasteiger partial charge in [-0.3, -0.25) is 4.79 Å². The lowest BCUT2D eigenvalue weighted by atomic mass is 9.44. The van der Waals surface area contributed by atoms with E-state index in [1.807, 2.05) is 35.7 Å². The third-order valence-electron chi connectivity index (χ3n) is 7.70. The standard InChI is InChI=1S/C24H34O3S2/c1-4-5-6-7-8-24(28-9-10-29-24)15-11-20(26)22(21(27)12-15)16-13-19(25)18-14-17(16)23(18,2)3/h11-12,16-18,26-27H,4-10,13-14H2,1-3H3/t16-,17-,18+/m1/s1. The van der Waals surface area contributed by atoms with Crippen LogP contribution in [0.4, 0.5) is 0 Å². The van der Waals surface area contributed by atoms with E-state index in [0.29, 0.717) is 23.7 Å². The van der Waals surface area contributed by atoms with E-state index in [9.17, 15) is 15.0 Å². The number of carbonyl (C=O) groups is 1. The number of phenols is 2. The molecule has 4 aliphatic rings. The second-order valence-corrected chi connectivity index (χ2v) is 12.7. The number of phenolic OH excluding ortho intramolecular Hbond substituents is 2. The average Bonchev–Trinajstić information content (AvgIpc) is 3.14. The first-order chi connectivity index (χ1) is 13.8. The number of benzene rings is 1. The zero-order valence-corrected chi connectivity index (χ0v) is 19.5. The van der Waals surface area contributed by atoms with Crippen LogP contribution in [-0.2, 0) is 8.87 Å². The quantitative estimate of drug-likeness (QED) is 0.485. The summed E-state index contributed by atoms with van der Waals surface area (Å²) in [5.41, 5.74) is 1.61. The van der Waals surface area contributed by atoms with Gasteiger partial charge in [0.05, 0.1) is 4.08 Å². The molecule has 1 aromatic carbocycles. The van der Waals surface area contributed by atoms with Crippen molar-refractivity contribution >= 4 is 29.3 Å². The lowest BCUT2D eigenvalue weighted by Gasteiger charge is -2.59. The van der Waals surface area contributed by atoms with Crippen LogP contribution in [0.5, 0.6) is 11.5 Å². The van der Waals surface area contributed by atoms with Crippen molar-refractivity contribution in [1.82, 2.24) is 0 Å². The predicted molar refractivity (Wildman–Crippen MR) is 123 cm³/mol. The van der Waals surface area contributed by atoms with Crippen molar-refractivity contribution in [3.05, 3.63) is 23.3 Å². The molecule has 1 heterocycles. The van der Waals surface area contributed by atoms with Crippen LogP contribution in [0.3, 0.4) is 0 Å². The summed E-state index contributed by atoms with van der Waals surface area (Å²) in [6.45, 7) is 6.55. The summed E-state index contributed by atoms with van der Waals surface area (Å²) in [5, 5.41) is 22.0. The fraction of sp³-hybridized carbons (Fsp3) is 0.708. The Balaban J connectivity index is 1.62. The molecule has 5 heteroatoms. The van der Waals surface area contributed by atoms with Crippen LogP contribution in [0.2, 0.25) is 0 Å². The smallest absolute Gasteiger partial charge is 0.137 e. The van der Waals surface area contributed by atoms with E-state index in [4.69, 9.17) is 0 Å². The fourth-order valence-electron chi connectivity index (χ4n) is 5.91. The molecule has 3 atom stereocenters. The predicted octanol–water partition coefficient (Wildman–Crippen LogP) is 6.42. The third kappa shape index (κ3) is 3.60. The third-order valence-corrected chi connectivity index (χ3v) is 11.3. The Bertz CT molecular complexity index is 759. The maximum atomic E-state index is 12.6. The number of hydrogen-bond donors (Lipinski definition) is 2. The molecule has 0 radical (unpaired) electrons. The summed E-state index contributed by atoms with van der Waals surface area (Å²) in [4.78, 5) is 12.6. The Kier molecular flexibility index (Phi) is 5.93. The van der Waals surface area contributed by atoms with E-state index in [1.54, 1.807) is 0 Å². The van der Waals surface area contributed by atoms with Gasteiger partial charge in [0.25, 0.3) is 0 Å². The number of aromatic hydroxyl groups is 2. The topological polar surface area (TPSA) is 57.5 Å². The van der Waals surface area contributed by atoms with Crippen molar-refractivity contribution < 1.29 is 15.0 Å². The van der Waals surface area contributed by atoms with Gasteiger partial charge in [0.15, 0.2) is 0 Å². The number of carbonyl (C=O) groups excluding carboxylic acids is 1. The van der Waals surface area contributed by atoms with E-state index in [1.165, 1.54) is 25.7 Å². The maximum absolute atomic E-state index is 12.6. The van der Waals surface area contributed by atoms with Gasteiger partial charge < -0.3 is 10.2 Å². The lowest BCUT2D eigenvalue weighted by molar-refractivity contribution is -0.151. The minimum absolute atomic E-state index is 0.0325. The SMILES string of the molecule is CCCCCCC1(c2cc(O)c([C@@H]3CC(=O)[C@@H]4C[C@H]3C4(C)C)c(O)c2)SCCS1. The Morgan fingerprint density at radius 3 is 2.28 bits per heavy atom. The van der Waals surface area contributed by atoms with Gasteiger partial charge in [-0.05, 0) is 41.9 Å². The molecule has 160 valence electrons. The highest BCUT2D eigenvalue weighted by atomic mass is 32.2. The first-order valence-corrected chi connectivity index (χ1v) is 13.1. The Morgan fingerprint density at radius 1 is 1.07 bits per heavy atom. The van der Waals surface area contributed by atoms with Gasteiger partial charge in [-0.25, -0.2) is 0 Å². The summed E-state index contributed by atoms with van der Waals surface area (Å²) in [6.07, 6.45) is 7.30. The summed E-state index contributed by atoms with van der Waals surface area (Å²) in [6, 6.07) is 3.78. The van der Waals surface area contributed by atoms with E-state index < -0.39 is 0 Å². The molecule has 2 N–H and O–H groups in total. The number of fused-ring (bicyclic) bond motifs is 2. The molecule has 0 aromatic heterocycles. The lowest BCUT2D eigenvalue weighted by Crippen LogP contribution is -2.56. The first-order valence-electron chi connectivity index (χ1n) is 11.2. The molecular weight excluding hydrogens is 400 g/mol. The highest BCUT2D eigenvalue weighted by Gasteiger charge is 2.59. The van der Waals surface area contributed by atoms with Crippen LogP contribution < -0.4 is 0 Å². The van der Waals surface area contributed by atoms with Gasteiger partial charge in [-0.2, -0.15) is 0 Å². The molecule has 0 spiro atoms. The van der Waals surface area contributed by atoms with Gasteiger partial charge in [-0.1, -0.05) is 46.5 Å². The van der Waals surface area contributed by atoms with Crippen molar-refractivity contribution in [2.24, 2.45) is 17.3 Å². The summed E-state index contributed by atoms with van der Waals surface area (Å²) in [7, 11) is 0. The minimum atomic E-state index is -0.0686. The van der Waals surface area contributed by atoms with Crippen molar-refractivity contribution in [3.63, 3.8) is 0 Å². The van der Waals surface area contributed by atoms with Crippen LogP contribution in [0.15, 0.2) is 12.1 Å². The van der Waals surface area contributed by atoms with Gasteiger partial charge in [0.2, 0.25) is 0 Å². The molecule has 5 rings (SSSR count). The van der Waals surface area contributed by atoms with Gasteiger partial charge in [0, 0.05) is 35.3 Å². The van der Waals surface area contributed by atoms with E-state index in [-0.39, 0.29) is 32.8 Å². The molecule has 29 heavy (non-hydrogen) atoms. The van der Waals surface area contributed by atoms with Crippen LogP contribution in [0.1, 0.15) is 82.8 Å². The molecule has 1 aromatic rings. The fourth-order valence-corrected chi connectivity index (χ4v) is 9.22. The average molecular weight is 435 g/mol. The van der Waals surface area contributed by atoms with Crippen LogP contribution >= 0.6 is 23.5 Å². The van der Waals surface area contributed by atoms with E-state index in [0.717, 1.165) is 29.9 Å². The zero-order chi connectivity index (χ0) is 20.8. The molecule has 3 aliphatic carbocycles. The maximum Gasteiger partial charge on any atom is 0.137 e. The highest BCUT2D eigenvalue weighted by Crippen LogP contribution is 2.65. The Hall–Kier alpha value is -0.810. The molecule has 1 saturated heterocycles. The molecule has 0 amide bonds. The van der Waals surface area contributed by atoms with E-state index in [2.05, 4.69) is 20.8 Å². The number of ketones is 1. The van der Waals surface area contributed by atoms with Crippen molar-refractivity contribution in [3.8, 4) is 11.5 Å². The second-order valence-electron chi connectivity index (χ2n) is 9.68. The minimum Gasteiger partial charge on any atom is -0.508 e. The molecule has 0 unspecified atom stereocenters. The normalized spacial score (nSPS) is 29.6. The highest BCUT2D eigenvalue weighted by molar-refractivity contribution is 8.20. The van der Waals surface area contributed by atoms with Crippen LogP contribution in [0.25, 0.3) is 0 Å². The van der Waals surface area contributed by atoms with Crippen molar-refractivity contribution in [1.29, 1.82) is 0 Å². The van der Waals surface area contributed by atoms with Gasteiger partial charge in [0.1, 0.15) is 17.3 Å². The van der Waals surface area contributed by atoms with E-state index >= 15 is 0 Å².